The van der Waals surface area contributed by atoms with Crippen LogP contribution in [-0.4, -0.2) is 6.04 Å². The largest absolute Gasteiger partial charge is 0.327 e. The topological polar surface area (TPSA) is 26.0 Å². The van der Waals surface area contributed by atoms with E-state index < -0.39 is 0 Å². The molecule has 1 aromatic carbocycles. The second kappa shape index (κ2) is 6.27. The highest BCUT2D eigenvalue weighted by molar-refractivity contribution is 6.35. The summed E-state index contributed by atoms with van der Waals surface area (Å²) in [5.74, 6) is 1.39. The van der Waals surface area contributed by atoms with Gasteiger partial charge in [0.25, 0.3) is 0 Å². The highest BCUT2D eigenvalue weighted by Crippen LogP contribution is 2.34. The third-order valence-electron chi connectivity index (χ3n) is 4.22. The lowest BCUT2D eigenvalue weighted by molar-refractivity contribution is 0.227. The summed E-state index contributed by atoms with van der Waals surface area (Å²) in [7, 11) is 0. The molecule has 2 rings (SSSR count). The van der Waals surface area contributed by atoms with Gasteiger partial charge in [0.2, 0.25) is 0 Å². The normalized spacial score (nSPS) is 28.3. The molecular weight excluding hydrogens is 265 g/mol. The standard InChI is InChI=1S/C15H21Cl2N/c1-2-10-3-6-15(18)12(7-10)8-11-4-5-13(16)9-14(11)17/h4-5,9-10,12,15H,2-3,6-8,18H2,1H3. The molecule has 0 heterocycles. The predicted molar refractivity (Wildman–Crippen MR) is 79.3 cm³/mol. The first-order valence-corrected chi connectivity index (χ1v) is 7.55. The van der Waals surface area contributed by atoms with Gasteiger partial charge in [-0.1, -0.05) is 42.6 Å². The SMILES string of the molecule is CCC1CCC(N)C(Cc2ccc(Cl)cc2Cl)C1. The summed E-state index contributed by atoms with van der Waals surface area (Å²) in [6.45, 7) is 2.27. The molecule has 18 heavy (non-hydrogen) atoms. The van der Waals surface area contributed by atoms with Crippen LogP contribution in [0.25, 0.3) is 0 Å². The first-order chi connectivity index (χ1) is 8.60. The van der Waals surface area contributed by atoms with E-state index in [1.165, 1.54) is 24.8 Å². The van der Waals surface area contributed by atoms with Crippen LogP contribution in [0.5, 0.6) is 0 Å². The molecule has 1 aliphatic carbocycles. The van der Waals surface area contributed by atoms with E-state index in [-0.39, 0.29) is 0 Å². The van der Waals surface area contributed by atoms with E-state index in [4.69, 9.17) is 28.9 Å². The third kappa shape index (κ3) is 3.40. The average molecular weight is 286 g/mol. The van der Waals surface area contributed by atoms with E-state index in [0.717, 1.165) is 23.8 Å². The van der Waals surface area contributed by atoms with Crippen molar-refractivity contribution in [2.75, 3.05) is 0 Å². The number of hydrogen-bond donors (Lipinski definition) is 1. The molecule has 0 aromatic heterocycles. The van der Waals surface area contributed by atoms with Gasteiger partial charge in [-0.25, -0.2) is 0 Å². The maximum Gasteiger partial charge on any atom is 0.0452 e. The molecule has 2 N–H and O–H groups in total. The molecule has 100 valence electrons. The van der Waals surface area contributed by atoms with Gasteiger partial charge < -0.3 is 5.73 Å². The monoisotopic (exact) mass is 285 g/mol. The van der Waals surface area contributed by atoms with Gasteiger partial charge in [-0.3, -0.25) is 0 Å². The molecule has 3 heteroatoms. The Balaban J connectivity index is 2.07. The van der Waals surface area contributed by atoms with E-state index in [9.17, 15) is 0 Å². The molecule has 0 saturated heterocycles. The van der Waals surface area contributed by atoms with Gasteiger partial charge >= 0.3 is 0 Å². The van der Waals surface area contributed by atoms with Crippen LogP contribution in [0.2, 0.25) is 10.0 Å². The molecule has 3 atom stereocenters. The Bertz CT molecular complexity index is 405. The Hall–Kier alpha value is -0.240. The van der Waals surface area contributed by atoms with E-state index in [0.29, 0.717) is 17.0 Å². The summed E-state index contributed by atoms with van der Waals surface area (Å²) in [6, 6.07) is 6.09. The van der Waals surface area contributed by atoms with Crippen LogP contribution in [0.4, 0.5) is 0 Å². The lowest BCUT2D eigenvalue weighted by Crippen LogP contribution is -2.37. The lowest BCUT2D eigenvalue weighted by Gasteiger charge is -2.34. The first-order valence-electron chi connectivity index (χ1n) is 6.79. The summed E-state index contributed by atoms with van der Waals surface area (Å²) < 4.78 is 0. The number of benzene rings is 1. The molecule has 0 radical (unpaired) electrons. The molecule has 1 nitrogen and oxygen atoms in total. The predicted octanol–water partition coefficient (Wildman–Crippen LogP) is 4.69. The Morgan fingerprint density at radius 2 is 2.06 bits per heavy atom. The van der Waals surface area contributed by atoms with Crippen molar-refractivity contribution in [2.45, 2.75) is 45.1 Å². The van der Waals surface area contributed by atoms with Crippen LogP contribution < -0.4 is 5.73 Å². The summed E-state index contributed by atoms with van der Waals surface area (Å²) in [5, 5.41) is 1.47. The summed E-state index contributed by atoms with van der Waals surface area (Å²) >= 11 is 12.2. The van der Waals surface area contributed by atoms with E-state index >= 15 is 0 Å². The first kappa shape index (κ1) is 14.2. The minimum absolute atomic E-state index is 0.319. The third-order valence-corrected chi connectivity index (χ3v) is 4.81. The maximum atomic E-state index is 6.25. The second-order valence-electron chi connectivity index (χ2n) is 5.45. The van der Waals surface area contributed by atoms with Crippen LogP contribution in [0, 0.1) is 11.8 Å². The molecule has 3 unspecified atom stereocenters. The Morgan fingerprint density at radius 3 is 2.72 bits per heavy atom. The Labute approximate surface area is 120 Å². The van der Waals surface area contributed by atoms with E-state index in [1.807, 2.05) is 18.2 Å². The fourth-order valence-electron chi connectivity index (χ4n) is 2.96. The summed E-state index contributed by atoms with van der Waals surface area (Å²) in [4.78, 5) is 0. The van der Waals surface area contributed by atoms with Crippen LogP contribution in [0.1, 0.15) is 38.2 Å². The van der Waals surface area contributed by atoms with Gasteiger partial charge in [-0.2, -0.15) is 0 Å². The zero-order chi connectivity index (χ0) is 13.1. The van der Waals surface area contributed by atoms with Crippen molar-refractivity contribution >= 4 is 23.2 Å². The second-order valence-corrected chi connectivity index (χ2v) is 6.29. The van der Waals surface area contributed by atoms with Gasteiger partial charge in [0, 0.05) is 16.1 Å². The van der Waals surface area contributed by atoms with Crippen LogP contribution in [-0.2, 0) is 6.42 Å². The summed E-state index contributed by atoms with van der Waals surface area (Å²) in [6.07, 6.45) is 5.90. The number of halogens is 2. The smallest absolute Gasteiger partial charge is 0.0452 e. The number of rotatable bonds is 3. The zero-order valence-corrected chi connectivity index (χ0v) is 12.3. The number of hydrogen-bond acceptors (Lipinski definition) is 1. The highest BCUT2D eigenvalue weighted by atomic mass is 35.5. The lowest BCUT2D eigenvalue weighted by atomic mass is 9.75. The van der Waals surface area contributed by atoms with Crippen LogP contribution in [0.3, 0.4) is 0 Å². The fourth-order valence-corrected chi connectivity index (χ4v) is 3.45. The fraction of sp³-hybridized carbons (Fsp3) is 0.600. The molecule has 0 aliphatic heterocycles. The molecule has 0 bridgehead atoms. The maximum absolute atomic E-state index is 6.25. The quantitative estimate of drug-likeness (QED) is 0.857. The average Bonchev–Trinajstić information content (AvgIpc) is 2.35. The van der Waals surface area contributed by atoms with Crippen molar-refractivity contribution in [1.82, 2.24) is 0 Å². The van der Waals surface area contributed by atoms with Crippen molar-refractivity contribution in [3.63, 3.8) is 0 Å². The number of nitrogens with two attached hydrogens (primary N) is 1. The minimum atomic E-state index is 0.319. The van der Waals surface area contributed by atoms with Crippen LogP contribution >= 0.6 is 23.2 Å². The van der Waals surface area contributed by atoms with Gasteiger partial charge in [-0.15, -0.1) is 0 Å². The van der Waals surface area contributed by atoms with Gasteiger partial charge in [0.1, 0.15) is 0 Å². The van der Waals surface area contributed by atoms with Crippen molar-refractivity contribution < 1.29 is 0 Å². The van der Waals surface area contributed by atoms with Crippen molar-refractivity contribution in [3.8, 4) is 0 Å². The highest BCUT2D eigenvalue weighted by Gasteiger charge is 2.27. The van der Waals surface area contributed by atoms with Gasteiger partial charge in [-0.05, 0) is 55.2 Å². The van der Waals surface area contributed by atoms with Crippen molar-refractivity contribution in [2.24, 2.45) is 17.6 Å². The van der Waals surface area contributed by atoms with Gasteiger partial charge in [0.15, 0.2) is 0 Å². The molecular formula is C15H21Cl2N. The van der Waals surface area contributed by atoms with E-state index in [1.54, 1.807) is 0 Å². The molecule has 0 spiro atoms. The molecule has 1 aliphatic rings. The zero-order valence-electron chi connectivity index (χ0n) is 10.8. The van der Waals surface area contributed by atoms with Crippen LogP contribution in [0.15, 0.2) is 18.2 Å². The van der Waals surface area contributed by atoms with Gasteiger partial charge in [0.05, 0.1) is 0 Å². The van der Waals surface area contributed by atoms with E-state index in [2.05, 4.69) is 6.92 Å². The van der Waals surface area contributed by atoms with Crippen molar-refractivity contribution in [1.29, 1.82) is 0 Å². The molecule has 1 aromatic rings. The molecule has 1 fully saturated rings. The molecule has 1 saturated carbocycles. The molecule has 0 amide bonds. The summed E-state index contributed by atoms with van der Waals surface area (Å²) in [5.41, 5.74) is 7.43. The Kier molecular flexibility index (Phi) is 4.94. The Morgan fingerprint density at radius 1 is 1.28 bits per heavy atom. The minimum Gasteiger partial charge on any atom is -0.327 e. The van der Waals surface area contributed by atoms with Crippen molar-refractivity contribution in [3.05, 3.63) is 33.8 Å².